The molecule has 0 aromatic carbocycles. The van der Waals surface area contributed by atoms with Crippen molar-refractivity contribution in [2.45, 2.75) is 24.9 Å². The fourth-order valence-corrected chi connectivity index (χ4v) is 4.49. The molecule has 26 heavy (non-hydrogen) atoms. The molecule has 0 radical (unpaired) electrons. The van der Waals surface area contributed by atoms with Gasteiger partial charge in [-0.15, -0.1) is 0 Å². The van der Waals surface area contributed by atoms with Crippen LogP contribution in [0.15, 0.2) is 27.8 Å². The Morgan fingerprint density at radius 3 is 2.62 bits per heavy atom. The lowest BCUT2D eigenvalue weighted by Crippen LogP contribution is -2.63. The maximum atomic E-state index is 5.71. The minimum Gasteiger partial charge on any atom is -0.468 e. The van der Waals surface area contributed by atoms with Gasteiger partial charge in [0.1, 0.15) is 5.76 Å². The molecule has 2 unspecified atom stereocenters. The molecule has 4 saturated heterocycles. The molecular weight excluding hydrogens is 328 g/mol. The highest BCUT2D eigenvalue weighted by atomic mass is 16.3. The van der Waals surface area contributed by atoms with E-state index in [9.17, 15) is 0 Å². The highest BCUT2D eigenvalue weighted by molar-refractivity contribution is 5.79. The van der Waals surface area contributed by atoms with Gasteiger partial charge in [-0.3, -0.25) is 19.7 Å². The third-order valence-electron chi connectivity index (χ3n) is 6.04. The zero-order valence-corrected chi connectivity index (χ0v) is 15.9. The van der Waals surface area contributed by atoms with E-state index in [1.807, 2.05) is 13.1 Å². The monoisotopic (exact) mass is 360 g/mol. The van der Waals surface area contributed by atoms with Crippen LogP contribution in [0.5, 0.6) is 0 Å². The lowest BCUT2D eigenvalue weighted by molar-refractivity contribution is 0.0154. The number of fused-ring (bicyclic) bond motifs is 3. The largest absolute Gasteiger partial charge is 0.468 e. The summed E-state index contributed by atoms with van der Waals surface area (Å²) in [6, 6.07) is 4.93. The van der Waals surface area contributed by atoms with E-state index in [-0.39, 0.29) is 6.04 Å². The highest BCUT2D eigenvalue weighted by Crippen LogP contribution is 2.24. The number of hydrogen-bond acceptors (Lipinski definition) is 5. The third-order valence-corrected chi connectivity index (χ3v) is 6.04. The summed E-state index contributed by atoms with van der Waals surface area (Å²) < 4.78 is 5.71. The van der Waals surface area contributed by atoms with Crippen molar-refractivity contribution < 1.29 is 4.42 Å². The van der Waals surface area contributed by atoms with Crippen LogP contribution in [0.25, 0.3) is 0 Å². The van der Waals surface area contributed by atoms with E-state index in [1.165, 1.54) is 45.6 Å². The van der Waals surface area contributed by atoms with Gasteiger partial charge in [-0.1, -0.05) is 0 Å². The Morgan fingerprint density at radius 1 is 1.19 bits per heavy atom. The van der Waals surface area contributed by atoms with Crippen LogP contribution in [0.1, 0.15) is 24.6 Å². The van der Waals surface area contributed by atoms with E-state index in [2.05, 4.69) is 36.4 Å². The Morgan fingerprint density at radius 2 is 2.00 bits per heavy atom. The first-order valence-corrected chi connectivity index (χ1v) is 10.0. The van der Waals surface area contributed by atoms with Crippen LogP contribution in [0.4, 0.5) is 0 Å². The maximum Gasteiger partial charge on any atom is 0.191 e. The van der Waals surface area contributed by atoms with Crippen LogP contribution >= 0.6 is 0 Å². The third kappa shape index (κ3) is 4.05. The Balaban J connectivity index is 1.29. The fourth-order valence-electron chi connectivity index (χ4n) is 4.49. The number of aliphatic imine (C=N–C) groups is 1. The Kier molecular flexibility index (Phi) is 5.77. The summed E-state index contributed by atoms with van der Waals surface area (Å²) in [6.07, 6.45) is 4.32. The van der Waals surface area contributed by atoms with E-state index >= 15 is 0 Å². The molecule has 0 amide bonds. The molecule has 5 heterocycles. The second kappa shape index (κ2) is 8.41. The molecule has 0 saturated carbocycles. The van der Waals surface area contributed by atoms with Crippen molar-refractivity contribution in [3.8, 4) is 0 Å². The summed E-state index contributed by atoms with van der Waals surface area (Å²) in [7, 11) is 1.85. The number of piperazine rings is 3. The molecule has 144 valence electrons. The Bertz CT molecular complexity index is 575. The number of likely N-dealkylation sites (tertiary alicyclic amines) is 1. The standard InChI is InChI=1S/C19H32N6O/c1-20-19(21-13-16-15-23-8-10-24(16)11-9-23)22-14-17(18-5-4-12-26-18)25-6-2-3-7-25/h4-5,12,16-17H,2-3,6-11,13-15H2,1H3,(H2,20,21,22). The predicted octanol–water partition coefficient (Wildman–Crippen LogP) is 0.581. The average molecular weight is 361 g/mol. The van der Waals surface area contributed by atoms with E-state index in [1.54, 1.807) is 6.26 Å². The molecule has 7 heteroatoms. The van der Waals surface area contributed by atoms with Crippen molar-refractivity contribution in [2.75, 3.05) is 66.0 Å². The molecule has 4 aliphatic rings. The molecule has 1 aromatic rings. The number of rotatable bonds is 6. The van der Waals surface area contributed by atoms with Crippen molar-refractivity contribution in [1.29, 1.82) is 0 Å². The predicted molar refractivity (Wildman–Crippen MR) is 103 cm³/mol. The van der Waals surface area contributed by atoms with Crippen LogP contribution < -0.4 is 10.6 Å². The topological polar surface area (TPSA) is 59.3 Å². The van der Waals surface area contributed by atoms with Crippen LogP contribution in [-0.2, 0) is 0 Å². The zero-order valence-electron chi connectivity index (χ0n) is 15.9. The second-order valence-electron chi connectivity index (χ2n) is 7.60. The normalized spacial score (nSPS) is 30.5. The van der Waals surface area contributed by atoms with E-state index in [4.69, 9.17) is 4.42 Å². The Hall–Kier alpha value is -1.57. The van der Waals surface area contributed by atoms with Crippen molar-refractivity contribution in [2.24, 2.45) is 4.99 Å². The van der Waals surface area contributed by atoms with Crippen molar-refractivity contribution in [3.05, 3.63) is 24.2 Å². The van der Waals surface area contributed by atoms with Crippen LogP contribution in [0, 0.1) is 0 Å². The van der Waals surface area contributed by atoms with Crippen LogP contribution in [0.3, 0.4) is 0 Å². The van der Waals surface area contributed by atoms with Gasteiger partial charge in [-0.05, 0) is 38.1 Å². The first kappa shape index (κ1) is 17.8. The number of nitrogens with zero attached hydrogens (tertiary/aromatic N) is 4. The molecular formula is C19H32N6O. The molecule has 4 fully saturated rings. The van der Waals surface area contributed by atoms with Gasteiger partial charge in [-0.2, -0.15) is 0 Å². The van der Waals surface area contributed by atoms with Gasteiger partial charge in [0.15, 0.2) is 5.96 Å². The number of nitrogens with one attached hydrogen (secondary N) is 2. The SMILES string of the molecule is CN=C(NCC1CN2CCN1CC2)NCC(c1ccco1)N1CCCC1. The smallest absolute Gasteiger partial charge is 0.191 e. The van der Waals surface area contributed by atoms with Gasteiger partial charge in [0.2, 0.25) is 0 Å². The van der Waals surface area contributed by atoms with E-state index in [0.717, 1.165) is 37.9 Å². The maximum absolute atomic E-state index is 5.71. The summed E-state index contributed by atoms with van der Waals surface area (Å²) in [5.74, 6) is 1.93. The quantitative estimate of drug-likeness (QED) is 0.572. The van der Waals surface area contributed by atoms with Gasteiger partial charge in [-0.25, -0.2) is 0 Å². The van der Waals surface area contributed by atoms with Crippen molar-refractivity contribution in [1.82, 2.24) is 25.3 Å². The van der Waals surface area contributed by atoms with E-state index < -0.39 is 0 Å². The van der Waals surface area contributed by atoms with Gasteiger partial charge in [0, 0.05) is 58.9 Å². The molecule has 7 nitrogen and oxygen atoms in total. The van der Waals surface area contributed by atoms with Gasteiger partial charge >= 0.3 is 0 Å². The molecule has 2 N–H and O–H groups in total. The zero-order chi connectivity index (χ0) is 17.8. The molecule has 5 rings (SSSR count). The molecule has 0 aliphatic carbocycles. The summed E-state index contributed by atoms with van der Waals surface area (Å²) in [4.78, 5) is 12.1. The fraction of sp³-hybridized carbons (Fsp3) is 0.737. The molecule has 2 bridgehead atoms. The van der Waals surface area contributed by atoms with Crippen molar-refractivity contribution in [3.63, 3.8) is 0 Å². The summed E-state index contributed by atoms with van der Waals surface area (Å²) in [6.45, 7) is 10.1. The van der Waals surface area contributed by atoms with Gasteiger partial charge < -0.3 is 15.1 Å². The van der Waals surface area contributed by atoms with Crippen LogP contribution in [0.2, 0.25) is 0 Å². The molecule has 0 spiro atoms. The minimum absolute atomic E-state index is 0.270. The number of guanidine groups is 1. The second-order valence-corrected chi connectivity index (χ2v) is 7.60. The average Bonchev–Trinajstić information content (AvgIpc) is 3.40. The summed E-state index contributed by atoms with van der Waals surface area (Å²) in [5, 5.41) is 7.06. The molecule has 1 aromatic heterocycles. The first-order valence-electron chi connectivity index (χ1n) is 10.0. The lowest BCUT2D eigenvalue weighted by Gasteiger charge is -2.47. The molecule has 2 atom stereocenters. The summed E-state index contributed by atoms with van der Waals surface area (Å²) in [5.41, 5.74) is 0. The highest BCUT2D eigenvalue weighted by Gasteiger charge is 2.31. The Labute approximate surface area is 156 Å². The minimum atomic E-state index is 0.270. The van der Waals surface area contributed by atoms with E-state index in [0.29, 0.717) is 6.04 Å². The van der Waals surface area contributed by atoms with Crippen LogP contribution in [-0.4, -0.2) is 92.7 Å². The number of furan rings is 1. The summed E-state index contributed by atoms with van der Waals surface area (Å²) >= 11 is 0. The number of hydrogen-bond donors (Lipinski definition) is 2. The molecule has 4 aliphatic heterocycles. The van der Waals surface area contributed by atoms with Gasteiger partial charge in [0.05, 0.1) is 12.3 Å². The first-order chi connectivity index (χ1) is 12.8. The van der Waals surface area contributed by atoms with Gasteiger partial charge in [0.25, 0.3) is 0 Å². The lowest BCUT2D eigenvalue weighted by atomic mass is 10.1. The van der Waals surface area contributed by atoms with Crippen molar-refractivity contribution >= 4 is 5.96 Å².